The first-order chi connectivity index (χ1) is 14.0. The van der Waals surface area contributed by atoms with Gasteiger partial charge in [-0.05, 0) is 31.0 Å². The van der Waals surface area contributed by atoms with E-state index in [0.29, 0.717) is 11.6 Å². The van der Waals surface area contributed by atoms with E-state index in [2.05, 4.69) is 26.9 Å². The van der Waals surface area contributed by atoms with Gasteiger partial charge in [-0.25, -0.2) is 4.79 Å². The summed E-state index contributed by atoms with van der Waals surface area (Å²) in [6.07, 6.45) is 0.617. The molecule has 0 radical (unpaired) electrons. The Morgan fingerprint density at radius 3 is 2.52 bits per heavy atom. The lowest BCUT2D eigenvalue weighted by Gasteiger charge is -2.13. The van der Waals surface area contributed by atoms with Crippen LogP contribution in [0.3, 0.4) is 0 Å². The second-order valence-corrected chi connectivity index (χ2v) is 7.55. The Bertz CT molecular complexity index is 1020. The van der Waals surface area contributed by atoms with Crippen LogP contribution in [0.4, 0.5) is 4.79 Å². The summed E-state index contributed by atoms with van der Waals surface area (Å²) in [7, 11) is 1.46. The van der Waals surface area contributed by atoms with Crippen LogP contribution in [-0.2, 0) is 11.2 Å². The van der Waals surface area contributed by atoms with Crippen molar-refractivity contribution in [2.24, 2.45) is 0 Å². The van der Waals surface area contributed by atoms with Crippen LogP contribution in [0.2, 0.25) is 0 Å². The maximum Gasteiger partial charge on any atom is 0.321 e. The fourth-order valence-corrected chi connectivity index (χ4v) is 3.70. The molecule has 7 nitrogen and oxygen atoms in total. The molecular formula is C21H23N5O2S. The molecule has 3 amide bonds. The van der Waals surface area contributed by atoms with Gasteiger partial charge in [-0.3, -0.25) is 14.7 Å². The zero-order valence-corrected chi connectivity index (χ0v) is 17.4. The van der Waals surface area contributed by atoms with E-state index >= 15 is 0 Å². The first-order valence-electron chi connectivity index (χ1n) is 9.18. The number of nitrogens with zero attached hydrogens (tertiary/aromatic N) is 3. The molecule has 1 heterocycles. The second-order valence-electron chi connectivity index (χ2n) is 6.60. The molecule has 0 atom stereocenters. The number of nitrogens with one attached hydrogen (secondary N) is 2. The molecule has 0 bridgehead atoms. The molecule has 3 aromatic rings. The zero-order chi connectivity index (χ0) is 20.8. The number of thioether (sulfide) groups is 1. The molecule has 8 heteroatoms. The molecule has 1 aromatic heterocycles. The fourth-order valence-electron chi connectivity index (χ4n) is 2.94. The van der Waals surface area contributed by atoms with Gasteiger partial charge in [0.15, 0.2) is 5.16 Å². The van der Waals surface area contributed by atoms with Crippen LogP contribution in [0, 0.1) is 13.8 Å². The molecule has 150 valence electrons. The third-order valence-corrected chi connectivity index (χ3v) is 5.24. The fraction of sp³-hybridized carbons (Fsp3) is 0.238. The minimum Gasteiger partial charge on any atom is -0.341 e. The Balaban J connectivity index is 1.91. The van der Waals surface area contributed by atoms with Gasteiger partial charge < -0.3 is 5.32 Å². The quantitative estimate of drug-likeness (QED) is 0.611. The summed E-state index contributed by atoms with van der Waals surface area (Å²) in [6.45, 7) is 4.09. The van der Waals surface area contributed by atoms with E-state index in [1.807, 2.05) is 60.9 Å². The van der Waals surface area contributed by atoms with Crippen LogP contribution in [-0.4, -0.2) is 39.5 Å². The molecule has 2 N–H and O–H groups in total. The average Bonchev–Trinajstić information content (AvgIpc) is 3.09. The number of rotatable bonds is 6. The lowest BCUT2D eigenvalue weighted by atomic mass is 10.1. The summed E-state index contributed by atoms with van der Waals surface area (Å²) < 4.78 is 1.99. The van der Waals surface area contributed by atoms with Gasteiger partial charge in [0.25, 0.3) is 0 Å². The number of imide groups is 1. The summed E-state index contributed by atoms with van der Waals surface area (Å²) >= 11 is 1.24. The number of benzene rings is 2. The van der Waals surface area contributed by atoms with Gasteiger partial charge >= 0.3 is 6.03 Å². The van der Waals surface area contributed by atoms with Crippen LogP contribution >= 0.6 is 11.8 Å². The van der Waals surface area contributed by atoms with Gasteiger partial charge in [0.1, 0.15) is 5.82 Å². The molecule has 0 unspecified atom stereocenters. The molecule has 0 saturated carbocycles. The first-order valence-corrected chi connectivity index (χ1v) is 10.2. The van der Waals surface area contributed by atoms with Crippen molar-refractivity contribution in [2.75, 3.05) is 12.8 Å². The summed E-state index contributed by atoms with van der Waals surface area (Å²) in [6, 6.07) is 15.7. The summed E-state index contributed by atoms with van der Waals surface area (Å²) in [5.41, 5.74) is 4.36. The van der Waals surface area contributed by atoms with E-state index in [1.165, 1.54) is 24.4 Å². The standard InChI is InChI=1S/C21H23N5O2S/c1-14-9-10-17(15(2)11-14)26-18(12-16-7-5-4-6-8-16)24-25-21(26)29-13-19(27)23-20(28)22-3/h4-11H,12-13H2,1-3H3,(H2,22,23,27,28). The predicted molar refractivity (Wildman–Crippen MR) is 113 cm³/mol. The Morgan fingerprint density at radius 1 is 1.07 bits per heavy atom. The second kappa shape index (κ2) is 9.38. The smallest absolute Gasteiger partial charge is 0.321 e. The maximum absolute atomic E-state index is 12.0. The van der Waals surface area contributed by atoms with Crippen LogP contribution < -0.4 is 10.6 Å². The lowest BCUT2D eigenvalue weighted by molar-refractivity contribution is -0.117. The highest BCUT2D eigenvalue weighted by Crippen LogP contribution is 2.26. The lowest BCUT2D eigenvalue weighted by Crippen LogP contribution is -2.38. The SMILES string of the molecule is CNC(=O)NC(=O)CSc1nnc(Cc2ccccc2)n1-c1ccc(C)cc1C. The highest BCUT2D eigenvalue weighted by Gasteiger charge is 2.18. The number of aryl methyl sites for hydroxylation is 2. The number of hydrogen-bond donors (Lipinski definition) is 2. The van der Waals surface area contributed by atoms with Gasteiger partial charge in [0, 0.05) is 13.5 Å². The Morgan fingerprint density at radius 2 is 1.83 bits per heavy atom. The molecule has 0 saturated heterocycles. The first kappa shape index (κ1) is 20.6. The molecule has 2 aromatic carbocycles. The van der Waals surface area contributed by atoms with E-state index in [-0.39, 0.29) is 5.75 Å². The van der Waals surface area contributed by atoms with Crippen LogP contribution in [0.5, 0.6) is 0 Å². The third-order valence-electron chi connectivity index (χ3n) is 4.31. The highest BCUT2D eigenvalue weighted by atomic mass is 32.2. The maximum atomic E-state index is 12.0. The number of aromatic nitrogens is 3. The molecule has 0 spiro atoms. The Labute approximate surface area is 173 Å². The van der Waals surface area contributed by atoms with Crippen molar-refractivity contribution in [1.29, 1.82) is 0 Å². The Hall–Kier alpha value is -3.13. The molecule has 0 aliphatic rings. The molecule has 0 aliphatic heterocycles. The number of carbonyl (C=O) groups is 2. The number of urea groups is 1. The van der Waals surface area contributed by atoms with Crippen molar-refractivity contribution in [2.45, 2.75) is 25.4 Å². The summed E-state index contributed by atoms with van der Waals surface area (Å²) in [5, 5.41) is 13.9. The molecule has 3 rings (SSSR count). The summed E-state index contributed by atoms with van der Waals surface area (Å²) in [5.74, 6) is 0.452. The monoisotopic (exact) mass is 409 g/mol. The molecule has 0 aliphatic carbocycles. The van der Waals surface area contributed by atoms with Crippen molar-refractivity contribution in [3.63, 3.8) is 0 Å². The largest absolute Gasteiger partial charge is 0.341 e. The van der Waals surface area contributed by atoms with Gasteiger partial charge in [-0.15, -0.1) is 10.2 Å². The van der Waals surface area contributed by atoms with Crippen molar-refractivity contribution < 1.29 is 9.59 Å². The van der Waals surface area contributed by atoms with E-state index in [1.54, 1.807) is 0 Å². The van der Waals surface area contributed by atoms with Crippen LogP contribution in [0.1, 0.15) is 22.5 Å². The van der Waals surface area contributed by atoms with E-state index in [4.69, 9.17) is 0 Å². The molecule has 0 fully saturated rings. The normalized spacial score (nSPS) is 10.6. The van der Waals surface area contributed by atoms with Gasteiger partial charge in [0.05, 0.1) is 11.4 Å². The van der Waals surface area contributed by atoms with Gasteiger partial charge in [-0.1, -0.05) is 59.8 Å². The van der Waals surface area contributed by atoms with Gasteiger partial charge in [-0.2, -0.15) is 0 Å². The number of hydrogen-bond acceptors (Lipinski definition) is 5. The van der Waals surface area contributed by atoms with Crippen molar-refractivity contribution in [3.8, 4) is 5.69 Å². The van der Waals surface area contributed by atoms with Crippen molar-refractivity contribution in [1.82, 2.24) is 25.4 Å². The zero-order valence-electron chi connectivity index (χ0n) is 16.6. The van der Waals surface area contributed by atoms with E-state index in [0.717, 1.165) is 22.6 Å². The average molecular weight is 410 g/mol. The third kappa shape index (κ3) is 5.23. The van der Waals surface area contributed by atoms with Crippen LogP contribution in [0.25, 0.3) is 5.69 Å². The predicted octanol–water partition coefficient (Wildman–Crippen LogP) is 3.02. The molecular weight excluding hydrogens is 386 g/mol. The highest BCUT2D eigenvalue weighted by molar-refractivity contribution is 7.99. The number of amides is 3. The van der Waals surface area contributed by atoms with E-state index in [9.17, 15) is 9.59 Å². The molecule has 29 heavy (non-hydrogen) atoms. The van der Waals surface area contributed by atoms with Crippen molar-refractivity contribution in [3.05, 3.63) is 71.0 Å². The van der Waals surface area contributed by atoms with Gasteiger partial charge in [0.2, 0.25) is 5.91 Å². The number of carbonyl (C=O) groups excluding carboxylic acids is 2. The van der Waals surface area contributed by atoms with Crippen molar-refractivity contribution >= 4 is 23.7 Å². The topological polar surface area (TPSA) is 88.9 Å². The van der Waals surface area contributed by atoms with E-state index < -0.39 is 11.9 Å². The Kier molecular flexibility index (Phi) is 6.66. The minimum absolute atomic E-state index is 0.0573. The van der Waals surface area contributed by atoms with Crippen LogP contribution in [0.15, 0.2) is 53.7 Å². The summed E-state index contributed by atoms with van der Waals surface area (Å²) in [4.78, 5) is 23.3. The minimum atomic E-state index is -0.531.